The monoisotopic (exact) mass is 554 g/mol. The van der Waals surface area contributed by atoms with Crippen molar-refractivity contribution in [1.82, 2.24) is 10.3 Å². The number of nitrogens with one attached hydrogen (secondary N) is 1. The van der Waals surface area contributed by atoms with Gasteiger partial charge in [0.1, 0.15) is 29.0 Å². The van der Waals surface area contributed by atoms with Crippen molar-refractivity contribution in [2.45, 2.75) is 70.8 Å². The molecule has 0 bridgehead atoms. The molecule has 0 saturated heterocycles. The molecule has 0 spiro atoms. The van der Waals surface area contributed by atoms with Crippen LogP contribution >= 0.6 is 0 Å². The zero-order chi connectivity index (χ0) is 29.0. The van der Waals surface area contributed by atoms with E-state index in [-0.39, 0.29) is 17.5 Å². The van der Waals surface area contributed by atoms with Crippen LogP contribution in [0.15, 0.2) is 71.3 Å². The van der Waals surface area contributed by atoms with Gasteiger partial charge in [-0.2, -0.15) is 0 Å². The molecule has 0 unspecified atom stereocenters. The fourth-order valence-electron chi connectivity index (χ4n) is 5.48. The summed E-state index contributed by atoms with van der Waals surface area (Å²) in [6.07, 6.45) is 7.25. The summed E-state index contributed by atoms with van der Waals surface area (Å²) in [7, 11) is 1.30. The SMILES string of the molecule is COC(=O)[C@H](Cc1ccco1)NC(=O)c1cc2ccc(Oc3ccc(C(C)(C)C)cc3)cc2c(CC2CCCC2)n1. The summed E-state index contributed by atoms with van der Waals surface area (Å²) in [5.41, 5.74) is 2.46. The van der Waals surface area contributed by atoms with Gasteiger partial charge in [-0.1, -0.05) is 64.7 Å². The fraction of sp³-hybridized carbons (Fsp3) is 0.382. The van der Waals surface area contributed by atoms with E-state index in [1.54, 1.807) is 18.2 Å². The van der Waals surface area contributed by atoms with E-state index in [0.29, 0.717) is 11.7 Å². The number of carbonyl (C=O) groups excluding carboxylic acids is 2. The summed E-state index contributed by atoms with van der Waals surface area (Å²) in [4.78, 5) is 30.7. The molecule has 2 aromatic heterocycles. The lowest BCUT2D eigenvalue weighted by Gasteiger charge is -2.19. The Morgan fingerprint density at radius 2 is 1.76 bits per heavy atom. The molecule has 1 amide bonds. The van der Waals surface area contributed by atoms with Crippen LogP contribution in [0.1, 0.15) is 74.0 Å². The number of hydrogen-bond acceptors (Lipinski definition) is 6. The van der Waals surface area contributed by atoms with Crippen LogP contribution in [0.25, 0.3) is 10.8 Å². The van der Waals surface area contributed by atoms with Crippen molar-refractivity contribution in [3.05, 3.63) is 89.6 Å². The van der Waals surface area contributed by atoms with Crippen molar-refractivity contribution in [3.63, 3.8) is 0 Å². The van der Waals surface area contributed by atoms with Crippen molar-refractivity contribution in [2.75, 3.05) is 7.11 Å². The van der Waals surface area contributed by atoms with Crippen LogP contribution in [-0.2, 0) is 27.8 Å². The van der Waals surface area contributed by atoms with E-state index in [2.05, 4.69) is 38.2 Å². The Labute approximate surface area is 241 Å². The van der Waals surface area contributed by atoms with Crippen LogP contribution in [0.2, 0.25) is 0 Å². The highest BCUT2D eigenvalue weighted by Crippen LogP contribution is 2.33. The van der Waals surface area contributed by atoms with E-state index in [9.17, 15) is 9.59 Å². The number of methoxy groups -OCH3 is 1. The van der Waals surface area contributed by atoms with Gasteiger partial charge in [0, 0.05) is 17.5 Å². The van der Waals surface area contributed by atoms with Crippen LogP contribution < -0.4 is 10.1 Å². The second kappa shape index (κ2) is 12.2. The van der Waals surface area contributed by atoms with Crippen LogP contribution in [0, 0.1) is 5.92 Å². The number of furan rings is 1. The lowest BCUT2D eigenvalue weighted by Crippen LogP contribution is -2.43. The number of ether oxygens (including phenoxy) is 2. The largest absolute Gasteiger partial charge is 0.469 e. The Morgan fingerprint density at radius 3 is 2.41 bits per heavy atom. The molecule has 5 rings (SSSR count). The molecule has 7 heteroatoms. The number of amides is 1. The number of fused-ring (bicyclic) bond motifs is 1. The lowest BCUT2D eigenvalue weighted by atomic mass is 9.87. The van der Waals surface area contributed by atoms with Gasteiger partial charge >= 0.3 is 5.97 Å². The molecule has 1 aliphatic carbocycles. The number of nitrogens with zero attached hydrogens (tertiary/aromatic N) is 1. The molecule has 4 aromatic rings. The van der Waals surface area contributed by atoms with Crippen LogP contribution in [0.4, 0.5) is 0 Å². The third kappa shape index (κ3) is 6.96. The van der Waals surface area contributed by atoms with E-state index >= 15 is 0 Å². The maximum Gasteiger partial charge on any atom is 0.328 e. The van der Waals surface area contributed by atoms with Gasteiger partial charge in [0.15, 0.2) is 0 Å². The molecule has 2 aromatic carbocycles. The molecule has 214 valence electrons. The highest BCUT2D eigenvalue weighted by molar-refractivity contribution is 5.99. The second-order valence-corrected chi connectivity index (χ2v) is 11.9. The number of aromatic nitrogens is 1. The Balaban J connectivity index is 1.43. The highest BCUT2D eigenvalue weighted by Gasteiger charge is 2.26. The van der Waals surface area contributed by atoms with Crippen LogP contribution in [-0.4, -0.2) is 30.0 Å². The van der Waals surface area contributed by atoms with Gasteiger partial charge in [0.05, 0.1) is 13.4 Å². The Hall–Kier alpha value is -4.13. The Kier molecular flexibility index (Phi) is 8.43. The molecule has 7 nitrogen and oxygen atoms in total. The molecule has 1 saturated carbocycles. The molecule has 0 radical (unpaired) electrons. The standard InChI is InChI=1S/C34H38N2O5/c1-34(2,3)24-12-15-25(16-13-24)41-27-14-11-23-19-30(35-29(28(23)20-27)18-22-8-5-6-9-22)32(37)36-31(33(38)39-4)21-26-10-7-17-40-26/h7,10-17,19-20,22,31H,5-6,8-9,18,21H2,1-4H3,(H,36,37)/t31-/m0/s1. The number of hydrogen-bond donors (Lipinski definition) is 1. The lowest BCUT2D eigenvalue weighted by molar-refractivity contribution is -0.142. The van der Waals surface area contributed by atoms with Gasteiger partial charge in [0.2, 0.25) is 0 Å². The third-order valence-electron chi connectivity index (χ3n) is 7.81. The minimum Gasteiger partial charge on any atom is -0.469 e. The summed E-state index contributed by atoms with van der Waals surface area (Å²) in [5.74, 6) is 1.62. The average Bonchev–Trinajstić information content (AvgIpc) is 3.67. The number of pyridine rings is 1. The maximum atomic E-state index is 13.4. The van der Waals surface area contributed by atoms with E-state index < -0.39 is 17.9 Å². The molecule has 1 atom stereocenters. The molecular weight excluding hydrogens is 516 g/mol. The van der Waals surface area contributed by atoms with E-state index in [0.717, 1.165) is 47.2 Å². The van der Waals surface area contributed by atoms with E-state index in [1.807, 2.05) is 30.3 Å². The maximum absolute atomic E-state index is 13.4. The zero-order valence-electron chi connectivity index (χ0n) is 24.2. The molecular formula is C34H38N2O5. The van der Waals surface area contributed by atoms with Gasteiger partial charge < -0.3 is 19.2 Å². The zero-order valence-corrected chi connectivity index (χ0v) is 24.2. The summed E-state index contributed by atoms with van der Waals surface area (Å²) >= 11 is 0. The number of rotatable bonds is 9. The summed E-state index contributed by atoms with van der Waals surface area (Å²) in [6.45, 7) is 6.57. The van der Waals surface area contributed by atoms with Crippen molar-refractivity contribution in [1.29, 1.82) is 0 Å². The molecule has 0 aliphatic heterocycles. The van der Waals surface area contributed by atoms with Gasteiger partial charge in [-0.3, -0.25) is 4.79 Å². The minimum absolute atomic E-state index is 0.0714. The number of esters is 1. The van der Waals surface area contributed by atoms with Gasteiger partial charge in [0.25, 0.3) is 5.91 Å². The van der Waals surface area contributed by atoms with Gasteiger partial charge in [-0.25, -0.2) is 9.78 Å². The molecule has 41 heavy (non-hydrogen) atoms. The molecule has 2 heterocycles. The molecule has 1 N–H and O–H groups in total. The van der Waals surface area contributed by atoms with Crippen molar-refractivity contribution in [3.8, 4) is 11.5 Å². The average molecular weight is 555 g/mol. The first-order valence-electron chi connectivity index (χ1n) is 14.3. The first-order chi connectivity index (χ1) is 19.7. The Bertz CT molecular complexity index is 1500. The van der Waals surface area contributed by atoms with Crippen LogP contribution in [0.3, 0.4) is 0 Å². The van der Waals surface area contributed by atoms with Gasteiger partial charge in [-0.05, 0) is 71.2 Å². The predicted octanol–water partition coefficient (Wildman–Crippen LogP) is 7.16. The molecule has 1 aliphatic rings. The molecule has 1 fully saturated rings. The van der Waals surface area contributed by atoms with Crippen molar-refractivity contribution < 1.29 is 23.5 Å². The van der Waals surface area contributed by atoms with Crippen molar-refractivity contribution >= 4 is 22.6 Å². The minimum atomic E-state index is -0.894. The summed E-state index contributed by atoms with van der Waals surface area (Å²) in [5, 5.41) is 4.67. The first kappa shape index (κ1) is 28.4. The second-order valence-electron chi connectivity index (χ2n) is 11.9. The number of carbonyl (C=O) groups is 2. The topological polar surface area (TPSA) is 90.7 Å². The van der Waals surface area contributed by atoms with E-state index in [4.69, 9.17) is 18.9 Å². The normalized spacial score (nSPS) is 14.6. The number of benzene rings is 2. The van der Waals surface area contributed by atoms with Crippen molar-refractivity contribution in [2.24, 2.45) is 5.92 Å². The highest BCUT2D eigenvalue weighted by atomic mass is 16.5. The first-order valence-corrected chi connectivity index (χ1v) is 14.3. The van der Waals surface area contributed by atoms with Gasteiger partial charge in [-0.15, -0.1) is 0 Å². The van der Waals surface area contributed by atoms with Crippen LogP contribution in [0.5, 0.6) is 11.5 Å². The third-order valence-corrected chi connectivity index (χ3v) is 7.81. The smallest absolute Gasteiger partial charge is 0.328 e. The summed E-state index contributed by atoms with van der Waals surface area (Å²) in [6, 6.07) is 18.5. The quantitative estimate of drug-likeness (QED) is 0.221. The Morgan fingerprint density at radius 1 is 1.02 bits per heavy atom. The fourth-order valence-corrected chi connectivity index (χ4v) is 5.48. The predicted molar refractivity (Wildman–Crippen MR) is 158 cm³/mol. The van der Waals surface area contributed by atoms with E-state index in [1.165, 1.54) is 31.8 Å². The summed E-state index contributed by atoms with van der Waals surface area (Å²) < 4.78 is 16.6.